The van der Waals surface area contributed by atoms with Crippen LogP contribution in [-0.2, 0) is 18.8 Å². The molecule has 2 fully saturated rings. The summed E-state index contributed by atoms with van der Waals surface area (Å²) < 4.78 is 22.7. The van der Waals surface area contributed by atoms with Crippen molar-refractivity contribution in [2.45, 2.75) is 70.9 Å². The van der Waals surface area contributed by atoms with Gasteiger partial charge in [-0.1, -0.05) is 5.82 Å². The summed E-state index contributed by atoms with van der Waals surface area (Å²) in [5.41, 5.74) is -0.641. The Balaban J connectivity index is 1.68. The average molecular weight is 280 g/mol. The summed E-state index contributed by atoms with van der Waals surface area (Å²) in [7, 11) is -0.439. The maximum absolute atomic E-state index is 5.80. The van der Waals surface area contributed by atoms with Gasteiger partial charge in [-0.15, -0.1) is 5.92 Å². The number of rotatable bonds is 3. The Hall–Kier alpha value is -0.535. The highest BCUT2D eigenvalue weighted by molar-refractivity contribution is 6.55. The van der Waals surface area contributed by atoms with Crippen molar-refractivity contribution in [1.29, 1.82) is 0 Å². The second-order valence-electron chi connectivity index (χ2n) is 6.33. The van der Waals surface area contributed by atoms with Crippen LogP contribution < -0.4 is 0 Å². The van der Waals surface area contributed by atoms with E-state index in [2.05, 4.69) is 11.7 Å². The van der Waals surface area contributed by atoms with E-state index < -0.39 is 7.12 Å². The summed E-state index contributed by atoms with van der Waals surface area (Å²) in [6, 6.07) is 0. The summed E-state index contributed by atoms with van der Waals surface area (Å²) in [6.07, 6.45) is 3.95. The first kappa shape index (κ1) is 15.8. The fourth-order valence-electron chi connectivity index (χ4n) is 2.14. The highest BCUT2D eigenvalue weighted by Gasteiger charge is 2.50. The van der Waals surface area contributed by atoms with Gasteiger partial charge in [-0.25, -0.2) is 0 Å². The van der Waals surface area contributed by atoms with Gasteiger partial charge in [0.05, 0.1) is 17.8 Å². The Morgan fingerprint density at radius 2 is 1.85 bits per heavy atom. The fraction of sp³-hybridized carbons (Fsp3) is 0.867. The smallest absolute Gasteiger partial charge is 0.392 e. The Morgan fingerprint density at radius 3 is 2.45 bits per heavy atom. The quantitative estimate of drug-likeness (QED) is 0.452. The van der Waals surface area contributed by atoms with Crippen LogP contribution in [0, 0.1) is 11.7 Å². The molecule has 2 aliphatic rings. The first-order valence-electron chi connectivity index (χ1n) is 7.48. The topological polar surface area (TPSA) is 36.9 Å². The molecule has 20 heavy (non-hydrogen) atoms. The molecule has 0 aromatic carbocycles. The molecular formula is C15H25BO4. The number of hydrogen-bond donors (Lipinski definition) is 0. The molecule has 112 valence electrons. The van der Waals surface area contributed by atoms with Crippen LogP contribution in [0.25, 0.3) is 0 Å². The minimum atomic E-state index is -0.439. The first-order valence-corrected chi connectivity index (χ1v) is 7.48. The molecule has 2 aliphatic heterocycles. The van der Waals surface area contributed by atoms with Crippen LogP contribution in [0.15, 0.2) is 0 Å². The van der Waals surface area contributed by atoms with Crippen LogP contribution in [0.2, 0.25) is 0 Å². The SMILES string of the molecule is CC1(C)OB(C#CCCOC2CCCCO2)OC1(C)C. The van der Waals surface area contributed by atoms with Crippen molar-refractivity contribution in [1.82, 2.24) is 0 Å². The van der Waals surface area contributed by atoms with Gasteiger partial charge in [0.25, 0.3) is 0 Å². The van der Waals surface area contributed by atoms with E-state index in [1.165, 1.54) is 6.42 Å². The Labute approximate surface area is 122 Å². The summed E-state index contributed by atoms with van der Waals surface area (Å²) in [6.45, 7) is 9.51. The Morgan fingerprint density at radius 1 is 1.15 bits per heavy atom. The molecule has 2 saturated heterocycles. The van der Waals surface area contributed by atoms with Crippen molar-refractivity contribution in [3.05, 3.63) is 0 Å². The minimum Gasteiger partial charge on any atom is -0.392 e. The van der Waals surface area contributed by atoms with Crippen molar-refractivity contribution >= 4 is 7.12 Å². The minimum absolute atomic E-state index is 0.0394. The molecule has 2 heterocycles. The third-order valence-corrected chi connectivity index (χ3v) is 4.14. The molecule has 2 rings (SSSR count). The van der Waals surface area contributed by atoms with Crippen LogP contribution in [-0.4, -0.2) is 37.8 Å². The Kier molecular flexibility index (Phi) is 5.14. The largest absolute Gasteiger partial charge is 0.551 e. The molecule has 0 radical (unpaired) electrons. The second kappa shape index (κ2) is 6.49. The predicted molar refractivity (Wildman–Crippen MR) is 78.0 cm³/mol. The molecule has 0 aromatic rings. The molecule has 1 atom stereocenters. The van der Waals surface area contributed by atoms with Crippen LogP contribution in [0.5, 0.6) is 0 Å². The summed E-state index contributed by atoms with van der Waals surface area (Å²) in [4.78, 5) is 0. The molecule has 0 saturated carbocycles. The van der Waals surface area contributed by atoms with Crippen molar-refractivity contribution < 1.29 is 18.8 Å². The fourth-order valence-corrected chi connectivity index (χ4v) is 2.14. The molecule has 0 aromatic heterocycles. The molecule has 0 N–H and O–H groups in total. The zero-order valence-corrected chi connectivity index (χ0v) is 13.0. The van der Waals surface area contributed by atoms with Crippen molar-refractivity contribution in [2.75, 3.05) is 13.2 Å². The van der Waals surface area contributed by atoms with E-state index in [1.54, 1.807) is 0 Å². The molecule has 0 aliphatic carbocycles. The zero-order chi connectivity index (χ0) is 14.6. The maximum atomic E-state index is 5.80. The van der Waals surface area contributed by atoms with E-state index >= 15 is 0 Å². The highest BCUT2D eigenvalue weighted by atomic mass is 16.7. The molecule has 5 heteroatoms. The summed E-state index contributed by atoms with van der Waals surface area (Å²) >= 11 is 0. The zero-order valence-electron chi connectivity index (χ0n) is 13.0. The van der Waals surface area contributed by atoms with E-state index in [0.29, 0.717) is 13.0 Å². The lowest BCUT2D eigenvalue weighted by atomic mass is 9.90. The molecule has 0 bridgehead atoms. The molecular weight excluding hydrogens is 255 g/mol. The van der Waals surface area contributed by atoms with Gasteiger partial charge in [-0.3, -0.25) is 0 Å². The predicted octanol–water partition coefficient (Wildman–Crippen LogP) is 2.55. The first-order chi connectivity index (χ1) is 9.41. The van der Waals surface area contributed by atoms with E-state index in [1.807, 2.05) is 27.7 Å². The van der Waals surface area contributed by atoms with Gasteiger partial charge in [0.1, 0.15) is 0 Å². The summed E-state index contributed by atoms with van der Waals surface area (Å²) in [5.74, 6) is 6.08. The van der Waals surface area contributed by atoms with E-state index in [4.69, 9.17) is 18.8 Å². The van der Waals surface area contributed by atoms with Crippen molar-refractivity contribution in [3.8, 4) is 11.7 Å². The highest BCUT2D eigenvalue weighted by Crippen LogP contribution is 2.36. The monoisotopic (exact) mass is 280 g/mol. The van der Waals surface area contributed by atoms with Crippen LogP contribution in [0.4, 0.5) is 0 Å². The lowest BCUT2D eigenvalue weighted by molar-refractivity contribution is -0.161. The van der Waals surface area contributed by atoms with E-state index in [0.717, 1.165) is 19.4 Å². The Bertz CT molecular complexity index is 361. The molecule has 0 amide bonds. The van der Waals surface area contributed by atoms with Crippen LogP contribution in [0.3, 0.4) is 0 Å². The van der Waals surface area contributed by atoms with Gasteiger partial charge < -0.3 is 18.8 Å². The number of hydrogen-bond acceptors (Lipinski definition) is 4. The van der Waals surface area contributed by atoms with Gasteiger partial charge in [-0.2, -0.15) is 0 Å². The van der Waals surface area contributed by atoms with Gasteiger partial charge >= 0.3 is 7.12 Å². The van der Waals surface area contributed by atoms with Gasteiger partial charge in [0.15, 0.2) is 6.29 Å². The van der Waals surface area contributed by atoms with Crippen molar-refractivity contribution in [3.63, 3.8) is 0 Å². The van der Waals surface area contributed by atoms with Crippen LogP contribution >= 0.6 is 0 Å². The van der Waals surface area contributed by atoms with E-state index in [9.17, 15) is 0 Å². The van der Waals surface area contributed by atoms with Crippen molar-refractivity contribution in [2.24, 2.45) is 0 Å². The normalized spacial score (nSPS) is 28.0. The average Bonchev–Trinajstić information content (AvgIpc) is 2.58. The van der Waals surface area contributed by atoms with Gasteiger partial charge in [0, 0.05) is 13.0 Å². The maximum Gasteiger partial charge on any atom is 0.551 e. The molecule has 4 nitrogen and oxygen atoms in total. The lowest BCUT2D eigenvalue weighted by Crippen LogP contribution is -2.41. The van der Waals surface area contributed by atoms with Crippen LogP contribution in [0.1, 0.15) is 53.4 Å². The third-order valence-electron chi connectivity index (χ3n) is 4.14. The molecule has 0 spiro atoms. The third kappa shape index (κ3) is 3.99. The van der Waals surface area contributed by atoms with Gasteiger partial charge in [-0.05, 0) is 47.0 Å². The second-order valence-corrected chi connectivity index (χ2v) is 6.33. The molecule has 1 unspecified atom stereocenters. The summed E-state index contributed by atoms with van der Waals surface area (Å²) in [5, 5.41) is 0. The van der Waals surface area contributed by atoms with E-state index in [-0.39, 0.29) is 17.5 Å². The van der Waals surface area contributed by atoms with Gasteiger partial charge in [0.2, 0.25) is 0 Å². The number of ether oxygens (including phenoxy) is 2. The standard InChI is InChI=1S/C15H25BO4/c1-14(2)15(3,4)20-16(19-14)10-6-8-12-18-13-9-5-7-11-17-13/h13H,5,7-9,11-12H2,1-4H3. The lowest BCUT2D eigenvalue weighted by Gasteiger charge is -2.32.